The molecule has 1 aliphatic rings. The Morgan fingerprint density at radius 3 is 2.57 bits per heavy atom. The van der Waals surface area contributed by atoms with Crippen molar-refractivity contribution in [1.29, 1.82) is 0 Å². The molecule has 0 aliphatic carbocycles. The van der Waals surface area contributed by atoms with Crippen molar-refractivity contribution in [2.24, 2.45) is 0 Å². The predicted molar refractivity (Wildman–Crippen MR) is 71.8 cm³/mol. The number of amides is 1. The number of methoxy groups -OCH3 is 1. The van der Waals surface area contributed by atoms with E-state index in [-0.39, 0.29) is 31.8 Å². The maximum Gasteiger partial charge on any atom is 0.336 e. The number of carbonyl (C=O) groups is 2. The highest BCUT2D eigenvalue weighted by molar-refractivity contribution is 7.89. The van der Waals surface area contributed by atoms with Crippen molar-refractivity contribution in [2.75, 3.05) is 45.7 Å². The largest absolute Gasteiger partial charge is 0.467 e. The summed E-state index contributed by atoms with van der Waals surface area (Å²) in [5, 5.41) is 11.5. The first-order chi connectivity index (χ1) is 9.86. The number of nitrogens with one attached hydrogen (secondary N) is 1. The highest BCUT2D eigenvalue weighted by Gasteiger charge is 2.25. The van der Waals surface area contributed by atoms with Crippen LogP contribution in [0.2, 0.25) is 0 Å². The molecule has 0 radical (unpaired) electrons. The first kappa shape index (κ1) is 17.8. The normalized spacial score (nSPS) is 18.0. The fourth-order valence-corrected chi connectivity index (χ4v) is 3.10. The molecule has 0 aromatic heterocycles. The van der Waals surface area contributed by atoms with Crippen LogP contribution in [0.25, 0.3) is 0 Å². The van der Waals surface area contributed by atoms with Gasteiger partial charge in [0.25, 0.3) is 0 Å². The van der Waals surface area contributed by atoms with Crippen molar-refractivity contribution in [3.63, 3.8) is 0 Å². The lowest BCUT2D eigenvalue weighted by atomic mass is 10.3. The Balaban J connectivity index is 2.33. The predicted octanol–water partition coefficient (Wildman–Crippen LogP) is -2.31. The fourth-order valence-electron chi connectivity index (χ4n) is 1.69. The second-order valence-electron chi connectivity index (χ2n) is 4.42. The van der Waals surface area contributed by atoms with Gasteiger partial charge in [-0.15, -0.1) is 0 Å². The summed E-state index contributed by atoms with van der Waals surface area (Å²) in [6.07, 6.45) is -1.71. The van der Waals surface area contributed by atoms with Crippen molar-refractivity contribution in [1.82, 2.24) is 9.62 Å². The van der Waals surface area contributed by atoms with E-state index < -0.39 is 28.0 Å². The molecule has 1 amide bonds. The van der Waals surface area contributed by atoms with Gasteiger partial charge in [-0.2, -0.15) is 4.31 Å². The lowest BCUT2D eigenvalue weighted by Gasteiger charge is -2.25. The molecule has 1 atom stereocenters. The van der Waals surface area contributed by atoms with E-state index in [1.807, 2.05) is 0 Å². The second-order valence-corrected chi connectivity index (χ2v) is 6.51. The van der Waals surface area contributed by atoms with Gasteiger partial charge < -0.3 is 19.9 Å². The van der Waals surface area contributed by atoms with E-state index in [9.17, 15) is 23.1 Å². The maximum absolute atomic E-state index is 11.9. The Morgan fingerprint density at radius 2 is 2.00 bits per heavy atom. The van der Waals surface area contributed by atoms with Crippen LogP contribution in [0, 0.1) is 0 Å². The zero-order chi connectivity index (χ0) is 15.9. The Morgan fingerprint density at radius 1 is 1.38 bits per heavy atom. The number of sulfonamides is 1. The van der Waals surface area contributed by atoms with Gasteiger partial charge in [0, 0.05) is 19.5 Å². The third-order valence-corrected chi connectivity index (χ3v) is 4.79. The zero-order valence-corrected chi connectivity index (χ0v) is 12.6. The number of aliphatic hydroxyl groups excluding tert-OH is 1. The highest BCUT2D eigenvalue weighted by Crippen LogP contribution is 2.06. The monoisotopic (exact) mass is 324 g/mol. The van der Waals surface area contributed by atoms with Crippen LogP contribution in [0.15, 0.2) is 0 Å². The molecule has 1 rings (SSSR count). The number of aliphatic hydroxyl groups is 1. The summed E-state index contributed by atoms with van der Waals surface area (Å²) >= 11 is 0. The van der Waals surface area contributed by atoms with Crippen LogP contribution in [0.3, 0.4) is 0 Å². The summed E-state index contributed by atoms with van der Waals surface area (Å²) in [5.74, 6) is -1.75. The molecule has 0 spiro atoms. The highest BCUT2D eigenvalue weighted by atomic mass is 32.2. The molecular weight excluding hydrogens is 304 g/mol. The van der Waals surface area contributed by atoms with Gasteiger partial charge in [0.15, 0.2) is 6.10 Å². The molecule has 21 heavy (non-hydrogen) atoms. The molecular formula is C11H20N2O7S. The minimum absolute atomic E-state index is 0.242. The number of esters is 1. The summed E-state index contributed by atoms with van der Waals surface area (Å²) in [7, 11) is -2.39. The van der Waals surface area contributed by atoms with Crippen LogP contribution < -0.4 is 5.32 Å². The smallest absolute Gasteiger partial charge is 0.336 e. The van der Waals surface area contributed by atoms with Crippen LogP contribution in [0.4, 0.5) is 0 Å². The number of carbonyl (C=O) groups excluding carboxylic acids is 2. The van der Waals surface area contributed by atoms with Crippen molar-refractivity contribution >= 4 is 21.9 Å². The van der Waals surface area contributed by atoms with E-state index >= 15 is 0 Å². The average Bonchev–Trinajstić information content (AvgIpc) is 2.50. The van der Waals surface area contributed by atoms with E-state index in [1.54, 1.807) is 0 Å². The van der Waals surface area contributed by atoms with E-state index in [2.05, 4.69) is 10.1 Å². The van der Waals surface area contributed by atoms with Crippen molar-refractivity contribution in [3.8, 4) is 0 Å². The zero-order valence-electron chi connectivity index (χ0n) is 11.8. The minimum atomic E-state index is -3.50. The van der Waals surface area contributed by atoms with Gasteiger partial charge in [0.2, 0.25) is 15.9 Å². The summed E-state index contributed by atoms with van der Waals surface area (Å²) in [6.45, 7) is 0.937. The number of rotatable bonds is 7. The van der Waals surface area contributed by atoms with Crippen LogP contribution in [0.5, 0.6) is 0 Å². The van der Waals surface area contributed by atoms with Gasteiger partial charge in [-0.25, -0.2) is 13.2 Å². The third-order valence-electron chi connectivity index (χ3n) is 2.92. The molecule has 0 bridgehead atoms. The van der Waals surface area contributed by atoms with Gasteiger partial charge in [-0.3, -0.25) is 4.79 Å². The van der Waals surface area contributed by atoms with Gasteiger partial charge in [-0.1, -0.05) is 0 Å². The van der Waals surface area contributed by atoms with Crippen LogP contribution in [-0.4, -0.2) is 81.5 Å². The molecule has 0 aromatic carbocycles. The topological polar surface area (TPSA) is 122 Å². The van der Waals surface area contributed by atoms with Crippen LogP contribution >= 0.6 is 0 Å². The van der Waals surface area contributed by atoms with E-state index in [0.717, 1.165) is 7.11 Å². The fraction of sp³-hybridized carbons (Fsp3) is 0.818. The van der Waals surface area contributed by atoms with Crippen molar-refractivity contribution in [3.05, 3.63) is 0 Å². The Labute approximate surface area is 123 Å². The first-order valence-electron chi connectivity index (χ1n) is 6.45. The molecule has 122 valence electrons. The molecule has 10 heteroatoms. The molecule has 1 heterocycles. The summed E-state index contributed by atoms with van der Waals surface area (Å²) in [4.78, 5) is 22.4. The Kier molecular flexibility index (Phi) is 7.02. The van der Waals surface area contributed by atoms with E-state index in [4.69, 9.17) is 4.74 Å². The molecule has 1 aliphatic heterocycles. The number of hydrogen-bond acceptors (Lipinski definition) is 7. The molecule has 1 fully saturated rings. The van der Waals surface area contributed by atoms with Crippen LogP contribution in [-0.2, 0) is 29.1 Å². The number of morpholine rings is 1. The lowest BCUT2D eigenvalue weighted by Crippen LogP contribution is -2.43. The molecule has 0 aromatic rings. The molecule has 1 unspecified atom stereocenters. The molecule has 1 saturated heterocycles. The van der Waals surface area contributed by atoms with Gasteiger partial charge in [0.1, 0.15) is 0 Å². The Bertz CT molecular complexity index is 459. The van der Waals surface area contributed by atoms with E-state index in [0.29, 0.717) is 13.2 Å². The Hall–Kier alpha value is -1.23. The SMILES string of the molecule is COC(=O)C(O)CNC(=O)CCS(=O)(=O)N1CCOCC1. The number of hydrogen-bond donors (Lipinski definition) is 2. The van der Waals surface area contributed by atoms with E-state index in [1.165, 1.54) is 4.31 Å². The second kappa shape index (κ2) is 8.27. The summed E-state index contributed by atoms with van der Waals surface area (Å²) in [5.41, 5.74) is 0. The minimum Gasteiger partial charge on any atom is -0.467 e. The third kappa shape index (κ3) is 5.96. The number of ether oxygens (including phenoxy) is 2. The maximum atomic E-state index is 11.9. The van der Waals surface area contributed by atoms with Crippen molar-refractivity contribution < 1.29 is 32.6 Å². The number of nitrogens with zero attached hydrogens (tertiary/aromatic N) is 1. The van der Waals surface area contributed by atoms with Gasteiger partial charge in [0.05, 0.1) is 32.6 Å². The molecule has 2 N–H and O–H groups in total. The van der Waals surface area contributed by atoms with Gasteiger partial charge in [-0.05, 0) is 0 Å². The van der Waals surface area contributed by atoms with Crippen molar-refractivity contribution in [2.45, 2.75) is 12.5 Å². The average molecular weight is 324 g/mol. The standard InChI is InChI=1S/C11H20N2O7S/c1-19-11(16)9(14)8-12-10(15)2-7-21(17,18)13-3-5-20-6-4-13/h9,14H,2-8H2,1H3,(H,12,15). The molecule has 9 nitrogen and oxygen atoms in total. The summed E-state index contributed by atoms with van der Waals surface area (Å²) in [6, 6.07) is 0. The quantitative estimate of drug-likeness (QED) is 0.504. The lowest BCUT2D eigenvalue weighted by molar-refractivity contribution is -0.150. The molecule has 0 saturated carbocycles. The first-order valence-corrected chi connectivity index (χ1v) is 8.06. The van der Waals surface area contributed by atoms with Gasteiger partial charge >= 0.3 is 5.97 Å². The summed E-state index contributed by atoms with van der Waals surface area (Å²) < 4.78 is 34.5. The van der Waals surface area contributed by atoms with Crippen LogP contribution in [0.1, 0.15) is 6.42 Å².